The molecule has 0 spiro atoms. The zero-order chi connectivity index (χ0) is 19.3. The minimum absolute atomic E-state index is 0.0321. The summed E-state index contributed by atoms with van der Waals surface area (Å²) in [7, 11) is -3.53. The van der Waals surface area contributed by atoms with Gasteiger partial charge in [0.2, 0.25) is 10.0 Å². The zero-order valence-electron chi connectivity index (χ0n) is 14.3. The molecule has 0 bridgehead atoms. The molecule has 0 radical (unpaired) electrons. The first kappa shape index (κ1) is 20.2. The van der Waals surface area contributed by atoms with Crippen LogP contribution in [0.25, 0.3) is 0 Å². The normalized spacial score (nSPS) is 11.4. The summed E-state index contributed by atoms with van der Waals surface area (Å²) < 4.78 is 52.7. The molecule has 0 heterocycles. The van der Waals surface area contributed by atoms with Gasteiger partial charge >= 0.3 is 0 Å². The van der Waals surface area contributed by atoms with E-state index < -0.39 is 21.7 Å². The summed E-state index contributed by atoms with van der Waals surface area (Å²) in [4.78, 5) is 0.176. The number of nitrogens with one attached hydrogen (secondary N) is 2. The van der Waals surface area contributed by atoms with E-state index in [1.807, 2.05) is 0 Å². The predicted octanol–water partition coefficient (Wildman–Crippen LogP) is 3.80. The first-order valence-corrected chi connectivity index (χ1v) is 9.76. The molecule has 2 rings (SSSR count). The van der Waals surface area contributed by atoms with Gasteiger partial charge in [-0.1, -0.05) is 13.8 Å². The molecule has 0 saturated carbocycles. The smallest absolute Gasteiger partial charge is 0.243 e. The maximum absolute atomic E-state index is 13.6. The summed E-state index contributed by atoms with van der Waals surface area (Å²) in [6.45, 7) is 4.32. The standard InChI is InChI=1S/C17H19F2N3O2S2/c1-3-22(4-2)26(23,24)14-8-6-13(7-9-14)20-17(25)21-16-10-5-12(18)11-15(16)19/h5-11H,3-4H2,1-2H3,(H2,20,21,25). The molecular formula is C17H19F2N3O2S2. The van der Waals surface area contributed by atoms with E-state index in [0.29, 0.717) is 18.8 Å². The number of thiocarbonyl (C=S) groups is 1. The van der Waals surface area contributed by atoms with E-state index in [1.54, 1.807) is 26.0 Å². The molecule has 0 unspecified atom stereocenters. The monoisotopic (exact) mass is 399 g/mol. The van der Waals surface area contributed by atoms with Gasteiger partial charge in [0.05, 0.1) is 10.6 Å². The molecule has 26 heavy (non-hydrogen) atoms. The van der Waals surface area contributed by atoms with Gasteiger partial charge in [-0.25, -0.2) is 17.2 Å². The summed E-state index contributed by atoms with van der Waals surface area (Å²) in [6, 6.07) is 9.15. The van der Waals surface area contributed by atoms with Gasteiger partial charge in [-0.05, 0) is 48.6 Å². The van der Waals surface area contributed by atoms with Crippen LogP contribution in [0.2, 0.25) is 0 Å². The number of sulfonamides is 1. The third-order valence-electron chi connectivity index (χ3n) is 3.63. The molecule has 0 saturated heterocycles. The van der Waals surface area contributed by atoms with Crippen molar-refractivity contribution in [3.05, 3.63) is 54.1 Å². The third-order valence-corrected chi connectivity index (χ3v) is 5.90. The Labute approximate surface area is 157 Å². The summed E-state index contributed by atoms with van der Waals surface area (Å²) >= 11 is 5.09. The molecule has 0 aliphatic rings. The lowest BCUT2D eigenvalue weighted by molar-refractivity contribution is 0.445. The Kier molecular flexibility index (Phi) is 6.63. The SMILES string of the molecule is CCN(CC)S(=O)(=O)c1ccc(NC(=S)Nc2ccc(F)cc2F)cc1. The van der Waals surface area contributed by atoms with Crippen LogP contribution in [-0.2, 0) is 10.0 Å². The number of anilines is 2. The van der Waals surface area contributed by atoms with Gasteiger partial charge in [0, 0.05) is 24.8 Å². The fraction of sp³-hybridized carbons (Fsp3) is 0.235. The lowest BCUT2D eigenvalue weighted by atomic mass is 10.3. The number of nitrogens with zero attached hydrogens (tertiary/aromatic N) is 1. The van der Waals surface area contributed by atoms with Crippen LogP contribution in [0, 0.1) is 11.6 Å². The number of benzene rings is 2. The lowest BCUT2D eigenvalue weighted by Crippen LogP contribution is -2.30. The van der Waals surface area contributed by atoms with E-state index in [-0.39, 0.29) is 15.7 Å². The molecule has 0 aliphatic carbocycles. The largest absolute Gasteiger partial charge is 0.332 e. The zero-order valence-corrected chi connectivity index (χ0v) is 15.9. The van der Waals surface area contributed by atoms with E-state index in [4.69, 9.17) is 12.2 Å². The van der Waals surface area contributed by atoms with Crippen molar-refractivity contribution in [1.82, 2.24) is 4.31 Å². The molecule has 140 valence electrons. The number of rotatable bonds is 6. The highest BCUT2D eigenvalue weighted by Crippen LogP contribution is 2.19. The van der Waals surface area contributed by atoms with E-state index in [9.17, 15) is 17.2 Å². The molecule has 0 amide bonds. The molecule has 0 fully saturated rings. The predicted molar refractivity (Wildman–Crippen MR) is 103 cm³/mol. The highest BCUT2D eigenvalue weighted by Gasteiger charge is 2.21. The van der Waals surface area contributed by atoms with Crippen molar-refractivity contribution in [1.29, 1.82) is 0 Å². The van der Waals surface area contributed by atoms with Gasteiger partial charge in [-0.3, -0.25) is 0 Å². The molecule has 0 aliphatic heterocycles. The topological polar surface area (TPSA) is 61.4 Å². The quantitative estimate of drug-likeness (QED) is 0.724. The fourth-order valence-electron chi connectivity index (χ4n) is 2.30. The summed E-state index contributed by atoms with van der Waals surface area (Å²) in [5, 5.41) is 5.53. The minimum atomic E-state index is -3.53. The van der Waals surface area contributed by atoms with E-state index in [1.165, 1.54) is 22.5 Å². The number of hydrogen-bond acceptors (Lipinski definition) is 3. The van der Waals surface area contributed by atoms with Crippen LogP contribution >= 0.6 is 12.2 Å². The van der Waals surface area contributed by atoms with Crippen molar-refractivity contribution >= 4 is 38.7 Å². The maximum Gasteiger partial charge on any atom is 0.243 e. The molecule has 2 N–H and O–H groups in total. The van der Waals surface area contributed by atoms with Crippen LogP contribution in [0.4, 0.5) is 20.2 Å². The first-order valence-electron chi connectivity index (χ1n) is 7.91. The van der Waals surface area contributed by atoms with Gasteiger partial charge in [-0.2, -0.15) is 4.31 Å². The Morgan fingerprint density at radius 2 is 1.65 bits per heavy atom. The van der Waals surface area contributed by atoms with Gasteiger partial charge in [-0.15, -0.1) is 0 Å². The second-order valence-corrected chi connectivity index (χ2v) is 7.66. The van der Waals surface area contributed by atoms with Crippen molar-refractivity contribution in [2.45, 2.75) is 18.7 Å². The van der Waals surface area contributed by atoms with Crippen LogP contribution in [0.5, 0.6) is 0 Å². The molecule has 0 aromatic heterocycles. The molecule has 0 atom stereocenters. The number of halogens is 2. The lowest BCUT2D eigenvalue weighted by Gasteiger charge is -2.18. The van der Waals surface area contributed by atoms with Gasteiger partial charge < -0.3 is 10.6 Å². The van der Waals surface area contributed by atoms with Crippen molar-refractivity contribution in [3.8, 4) is 0 Å². The van der Waals surface area contributed by atoms with Gasteiger partial charge in [0.1, 0.15) is 11.6 Å². The first-order chi connectivity index (χ1) is 12.3. The van der Waals surface area contributed by atoms with E-state index in [0.717, 1.165) is 12.1 Å². The summed E-state index contributed by atoms with van der Waals surface area (Å²) in [5.74, 6) is -1.45. The Morgan fingerprint density at radius 1 is 1.04 bits per heavy atom. The fourth-order valence-corrected chi connectivity index (χ4v) is 3.98. The van der Waals surface area contributed by atoms with Crippen LogP contribution in [0.1, 0.15) is 13.8 Å². The van der Waals surface area contributed by atoms with Crippen molar-refractivity contribution in [2.24, 2.45) is 0 Å². The Balaban J connectivity index is 2.08. The second-order valence-electron chi connectivity index (χ2n) is 5.32. The highest BCUT2D eigenvalue weighted by atomic mass is 32.2. The van der Waals surface area contributed by atoms with Crippen LogP contribution in [0.3, 0.4) is 0 Å². The Morgan fingerprint density at radius 3 is 2.19 bits per heavy atom. The average Bonchev–Trinajstić information content (AvgIpc) is 2.59. The summed E-state index contributed by atoms with van der Waals surface area (Å²) in [6.07, 6.45) is 0. The molecule has 2 aromatic rings. The average molecular weight is 399 g/mol. The van der Waals surface area contributed by atoms with Gasteiger partial charge in [0.25, 0.3) is 0 Å². The van der Waals surface area contributed by atoms with Crippen LogP contribution in [-0.4, -0.2) is 30.9 Å². The maximum atomic E-state index is 13.6. The van der Waals surface area contributed by atoms with E-state index in [2.05, 4.69) is 10.6 Å². The molecular weight excluding hydrogens is 380 g/mol. The summed E-state index contributed by atoms with van der Waals surface area (Å²) in [5.41, 5.74) is 0.563. The van der Waals surface area contributed by atoms with Crippen molar-refractivity contribution < 1.29 is 17.2 Å². The molecule has 2 aromatic carbocycles. The van der Waals surface area contributed by atoms with Crippen LogP contribution in [0.15, 0.2) is 47.4 Å². The Hall–Kier alpha value is -2.10. The molecule has 5 nitrogen and oxygen atoms in total. The minimum Gasteiger partial charge on any atom is -0.332 e. The van der Waals surface area contributed by atoms with Crippen molar-refractivity contribution in [3.63, 3.8) is 0 Å². The molecule has 9 heteroatoms. The third kappa shape index (κ3) is 4.75. The van der Waals surface area contributed by atoms with E-state index >= 15 is 0 Å². The second kappa shape index (κ2) is 8.52. The Bertz CT molecular complexity index is 883. The van der Waals surface area contributed by atoms with Crippen LogP contribution < -0.4 is 10.6 Å². The number of hydrogen-bond donors (Lipinski definition) is 2. The highest BCUT2D eigenvalue weighted by molar-refractivity contribution is 7.89. The van der Waals surface area contributed by atoms with Gasteiger partial charge in [0.15, 0.2) is 5.11 Å². The van der Waals surface area contributed by atoms with Crippen molar-refractivity contribution in [2.75, 3.05) is 23.7 Å².